The Balaban J connectivity index is 2.36. The maximum atomic E-state index is 13.4. The van der Waals surface area contributed by atoms with Crippen LogP contribution in [0.15, 0.2) is 18.2 Å². The molecule has 0 aromatic heterocycles. The van der Waals surface area contributed by atoms with Gasteiger partial charge >= 0.3 is 0 Å². The van der Waals surface area contributed by atoms with Gasteiger partial charge in [-0.05, 0) is 18.4 Å². The summed E-state index contributed by atoms with van der Waals surface area (Å²) in [4.78, 5) is 11.9. The maximum Gasteiger partial charge on any atom is 0.274 e. The SMILES string of the molecule is CC1CCN(c2cc(F)cc([N+](=O)[O-])c2)C1CO. The van der Waals surface area contributed by atoms with Crippen LogP contribution in [0.1, 0.15) is 13.3 Å². The van der Waals surface area contributed by atoms with Crippen LogP contribution in [-0.2, 0) is 0 Å². The second-order valence-corrected chi connectivity index (χ2v) is 4.63. The molecule has 0 aliphatic carbocycles. The van der Waals surface area contributed by atoms with Crippen LogP contribution in [0.5, 0.6) is 0 Å². The van der Waals surface area contributed by atoms with Crippen molar-refractivity contribution in [3.8, 4) is 0 Å². The van der Waals surface area contributed by atoms with Crippen molar-refractivity contribution in [2.45, 2.75) is 19.4 Å². The lowest BCUT2D eigenvalue weighted by Gasteiger charge is -2.27. The Bertz CT molecular complexity index is 467. The lowest BCUT2D eigenvalue weighted by molar-refractivity contribution is -0.385. The molecule has 1 N–H and O–H groups in total. The highest BCUT2D eigenvalue weighted by atomic mass is 19.1. The molecule has 1 saturated heterocycles. The first-order valence-corrected chi connectivity index (χ1v) is 5.85. The summed E-state index contributed by atoms with van der Waals surface area (Å²) >= 11 is 0. The summed E-state index contributed by atoms with van der Waals surface area (Å²) in [7, 11) is 0. The fourth-order valence-corrected chi connectivity index (χ4v) is 2.44. The number of anilines is 1. The van der Waals surface area contributed by atoms with Crippen LogP contribution in [0.2, 0.25) is 0 Å². The Morgan fingerprint density at radius 3 is 2.89 bits per heavy atom. The summed E-state index contributed by atoms with van der Waals surface area (Å²) < 4.78 is 13.4. The number of nitro groups is 1. The highest BCUT2D eigenvalue weighted by molar-refractivity contribution is 5.55. The Kier molecular flexibility index (Phi) is 3.47. The summed E-state index contributed by atoms with van der Waals surface area (Å²) in [6.07, 6.45) is 0.884. The number of nitrogens with zero attached hydrogens (tertiary/aromatic N) is 2. The topological polar surface area (TPSA) is 66.6 Å². The predicted octanol–water partition coefficient (Wildman–Crippen LogP) is 1.94. The quantitative estimate of drug-likeness (QED) is 0.661. The molecule has 18 heavy (non-hydrogen) atoms. The van der Waals surface area contributed by atoms with Gasteiger partial charge < -0.3 is 10.0 Å². The van der Waals surface area contributed by atoms with Gasteiger partial charge in [-0.3, -0.25) is 10.1 Å². The minimum absolute atomic E-state index is 0.0362. The smallest absolute Gasteiger partial charge is 0.274 e. The van der Waals surface area contributed by atoms with Crippen molar-refractivity contribution in [1.82, 2.24) is 0 Å². The molecule has 5 nitrogen and oxygen atoms in total. The number of aliphatic hydroxyl groups is 1. The van der Waals surface area contributed by atoms with E-state index in [0.29, 0.717) is 12.2 Å². The standard InChI is InChI=1S/C12H15FN2O3/c1-8-2-3-14(12(8)7-16)10-4-9(13)5-11(6-10)15(17)18/h4-6,8,12,16H,2-3,7H2,1H3. The number of hydrogen-bond acceptors (Lipinski definition) is 4. The summed E-state index contributed by atoms with van der Waals surface area (Å²) in [5.41, 5.74) is 0.200. The van der Waals surface area contributed by atoms with E-state index in [0.717, 1.165) is 12.5 Å². The van der Waals surface area contributed by atoms with Crippen LogP contribution in [0.25, 0.3) is 0 Å². The first kappa shape index (κ1) is 12.8. The van der Waals surface area contributed by atoms with Crippen LogP contribution in [0.4, 0.5) is 15.8 Å². The third-order valence-corrected chi connectivity index (χ3v) is 3.48. The maximum absolute atomic E-state index is 13.4. The Morgan fingerprint density at radius 1 is 1.56 bits per heavy atom. The molecule has 2 rings (SSSR count). The molecule has 0 radical (unpaired) electrons. The van der Waals surface area contributed by atoms with Crippen molar-refractivity contribution in [2.24, 2.45) is 5.92 Å². The molecule has 1 aliphatic rings. The molecule has 1 aromatic carbocycles. The molecule has 1 aromatic rings. The van der Waals surface area contributed by atoms with Gasteiger partial charge in [0.2, 0.25) is 0 Å². The number of halogens is 1. The lowest BCUT2D eigenvalue weighted by Crippen LogP contribution is -2.35. The molecule has 0 saturated carbocycles. The molecule has 0 spiro atoms. The Labute approximate surface area is 104 Å². The third-order valence-electron chi connectivity index (χ3n) is 3.48. The predicted molar refractivity (Wildman–Crippen MR) is 65.1 cm³/mol. The van der Waals surface area contributed by atoms with Gasteiger partial charge in [0.25, 0.3) is 5.69 Å². The highest BCUT2D eigenvalue weighted by Crippen LogP contribution is 2.32. The zero-order chi connectivity index (χ0) is 13.3. The summed E-state index contributed by atoms with van der Waals surface area (Å²) in [5, 5.41) is 20.1. The molecule has 1 aliphatic heterocycles. The summed E-state index contributed by atoms with van der Waals surface area (Å²) in [5.74, 6) is -0.340. The molecule has 1 fully saturated rings. The fraction of sp³-hybridized carbons (Fsp3) is 0.500. The van der Waals surface area contributed by atoms with Crippen LogP contribution in [0, 0.1) is 21.8 Å². The van der Waals surface area contributed by atoms with Gasteiger partial charge in [-0.1, -0.05) is 6.92 Å². The number of non-ortho nitro benzene ring substituents is 1. The van der Waals surface area contributed by atoms with E-state index in [-0.39, 0.29) is 24.3 Å². The van der Waals surface area contributed by atoms with E-state index in [1.54, 1.807) is 0 Å². The minimum Gasteiger partial charge on any atom is -0.394 e. The monoisotopic (exact) mass is 254 g/mol. The van der Waals surface area contributed by atoms with Crippen molar-refractivity contribution >= 4 is 11.4 Å². The van der Waals surface area contributed by atoms with Gasteiger partial charge in [0.15, 0.2) is 0 Å². The van der Waals surface area contributed by atoms with Crippen molar-refractivity contribution in [3.63, 3.8) is 0 Å². The molecule has 98 valence electrons. The molecule has 0 amide bonds. The van der Waals surface area contributed by atoms with Crippen molar-refractivity contribution in [2.75, 3.05) is 18.1 Å². The number of hydrogen-bond donors (Lipinski definition) is 1. The Hall–Kier alpha value is -1.69. The van der Waals surface area contributed by atoms with Crippen molar-refractivity contribution < 1.29 is 14.4 Å². The normalized spacial score (nSPS) is 23.4. The second-order valence-electron chi connectivity index (χ2n) is 4.63. The average Bonchev–Trinajstić information content (AvgIpc) is 2.69. The van der Waals surface area contributed by atoms with Gasteiger partial charge in [-0.25, -0.2) is 4.39 Å². The third kappa shape index (κ3) is 2.28. The molecule has 2 atom stereocenters. The van der Waals surface area contributed by atoms with Gasteiger partial charge in [0.1, 0.15) is 5.82 Å². The zero-order valence-electron chi connectivity index (χ0n) is 10.0. The molecular formula is C12H15FN2O3. The molecule has 1 heterocycles. The van der Waals surface area contributed by atoms with Crippen LogP contribution in [-0.4, -0.2) is 29.2 Å². The molecule has 6 heteroatoms. The van der Waals surface area contributed by atoms with E-state index in [9.17, 15) is 19.6 Å². The minimum atomic E-state index is -0.629. The zero-order valence-corrected chi connectivity index (χ0v) is 10.0. The van der Waals surface area contributed by atoms with Crippen molar-refractivity contribution in [1.29, 1.82) is 0 Å². The first-order valence-electron chi connectivity index (χ1n) is 5.85. The van der Waals surface area contributed by atoms with E-state index in [1.165, 1.54) is 12.1 Å². The summed E-state index contributed by atoms with van der Waals surface area (Å²) in [6, 6.07) is 3.42. The fourth-order valence-electron chi connectivity index (χ4n) is 2.44. The van der Waals surface area contributed by atoms with Gasteiger partial charge in [0.05, 0.1) is 23.6 Å². The van der Waals surface area contributed by atoms with E-state index in [1.807, 2.05) is 11.8 Å². The second kappa shape index (κ2) is 4.89. The molecule has 2 unspecified atom stereocenters. The molecular weight excluding hydrogens is 239 g/mol. The van der Waals surface area contributed by atoms with Crippen LogP contribution in [0.3, 0.4) is 0 Å². The van der Waals surface area contributed by atoms with E-state index in [4.69, 9.17) is 0 Å². The van der Waals surface area contributed by atoms with Gasteiger partial charge in [0, 0.05) is 18.3 Å². The van der Waals surface area contributed by atoms with E-state index >= 15 is 0 Å². The summed E-state index contributed by atoms with van der Waals surface area (Å²) in [6.45, 7) is 2.65. The van der Waals surface area contributed by atoms with Crippen LogP contribution < -0.4 is 4.90 Å². The molecule has 0 bridgehead atoms. The average molecular weight is 254 g/mol. The number of nitro benzene ring substituents is 1. The number of benzene rings is 1. The largest absolute Gasteiger partial charge is 0.394 e. The van der Waals surface area contributed by atoms with Gasteiger partial charge in [-0.2, -0.15) is 0 Å². The Morgan fingerprint density at radius 2 is 2.28 bits per heavy atom. The lowest BCUT2D eigenvalue weighted by atomic mass is 10.0. The highest BCUT2D eigenvalue weighted by Gasteiger charge is 2.31. The van der Waals surface area contributed by atoms with E-state index < -0.39 is 10.7 Å². The van der Waals surface area contributed by atoms with Crippen molar-refractivity contribution in [3.05, 3.63) is 34.1 Å². The van der Waals surface area contributed by atoms with Gasteiger partial charge in [-0.15, -0.1) is 0 Å². The first-order chi connectivity index (χ1) is 8.52. The van der Waals surface area contributed by atoms with E-state index in [2.05, 4.69) is 0 Å². The number of rotatable bonds is 3. The van der Waals surface area contributed by atoms with Crippen LogP contribution >= 0.6 is 0 Å². The number of aliphatic hydroxyl groups excluding tert-OH is 1.